The molecule has 1 heterocycles. The summed E-state index contributed by atoms with van der Waals surface area (Å²) in [5.41, 5.74) is 1.51. The van der Waals surface area contributed by atoms with E-state index in [0.717, 1.165) is 4.47 Å². The van der Waals surface area contributed by atoms with Crippen LogP contribution in [0.3, 0.4) is 0 Å². The van der Waals surface area contributed by atoms with E-state index in [2.05, 4.69) is 41.9 Å². The number of fused-ring (bicyclic) bond motifs is 1. The monoisotopic (exact) mass is 577 g/mol. The van der Waals surface area contributed by atoms with Crippen LogP contribution >= 0.6 is 43.5 Å². The van der Waals surface area contributed by atoms with Gasteiger partial charge in [-0.05, 0) is 70.9 Å². The van der Waals surface area contributed by atoms with Crippen LogP contribution in [0.25, 0.3) is 10.9 Å². The molecule has 4 rings (SSSR count). The molecule has 0 fully saturated rings. The van der Waals surface area contributed by atoms with Crippen molar-refractivity contribution in [3.05, 3.63) is 102 Å². The number of halogens is 4. The maximum absolute atomic E-state index is 13.5. The van der Waals surface area contributed by atoms with Gasteiger partial charge < -0.3 is 4.74 Å². The SMILES string of the molecule is Cc1nc2ccc(Br)cc2c(=O)n1N=Cc1cc(Cl)cc(Br)c1OCc1cccc(F)c1. The average molecular weight is 580 g/mol. The summed E-state index contributed by atoms with van der Waals surface area (Å²) in [6, 6.07) is 14.8. The van der Waals surface area contributed by atoms with Crippen molar-refractivity contribution in [3.8, 4) is 5.75 Å². The van der Waals surface area contributed by atoms with Crippen LogP contribution in [0.15, 0.2) is 73.4 Å². The Hall–Kier alpha value is -2.55. The highest BCUT2D eigenvalue weighted by atomic mass is 79.9. The Bertz CT molecular complexity index is 1420. The lowest BCUT2D eigenvalue weighted by molar-refractivity contribution is 0.303. The Kier molecular flexibility index (Phi) is 6.74. The molecule has 5 nitrogen and oxygen atoms in total. The Morgan fingerprint density at radius 1 is 1.19 bits per heavy atom. The molecule has 162 valence electrons. The van der Waals surface area contributed by atoms with E-state index in [-0.39, 0.29) is 18.0 Å². The van der Waals surface area contributed by atoms with E-state index >= 15 is 0 Å². The number of hydrogen-bond acceptors (Lipinski definition) is 4. The Morgan fingerprint density at radius 2 is 2.00 bits per heavy atom. The van der Waals surface area contributed by atoms with Gasteiger partial charge in [-0.2, -0.15) is 9.78 Å². The number of ether oxygens (including phenoxy) is 1. The first kappa shape index (κ1) is 22.6. The van der Waals surface area contributed by atoms with Crippen LogP contribution in [-0.2, 0) is 6.61 Å². The van der Waals surface area contributed by atoms with E-state index in [9.17, 15) is 9.18 Å². The number of benzene rings is 3. The van der Waals surface area contributed by atoms with Gasteiger partial charge in [0.05, 0.1) is 21.6 Å². The van der Waals surface area contributed by atoms with E-state index in [1.807, 2.05) is 6.07 Å². The summed E-state index contributed by atoms with van der Waals surface area (Å²) in [4.78, 5) is 17.4. The van der Waals surface area contributed by atoms with Crippen molar-refractivity contribution in [2.45, 2.75) is 13.5 Å². The molecule has 0 aliphatic rings. The third kappa shape index (κ3) is 4.92. The molecule has 0 atom stereocenters. The van der Waals surface area contributed by atoms with E-state index in [1.54, 1.807) is 43.3 Å². The van der Waals surface area contributed by atoms with Gasteiger partial charge >= 0.3 is 0 Å². The number of nitrogens with zero attached hydrogens (tertiary/aromatic N) is 3. The largest absolute Gasteiger partial charge is 0.487 e. The first-order valence-electron chi connectivity index (χ1n) is 9.41. The number of aromatic nitrogens is 2. The Morgan fingerprint density at radius 3 is 2.78 bits per heavy atom. The highest BCUT2D eigenvalue weighted by molar-refractivity contribution is 9.10. The quantitative estimate of drug-likeness (QED) is 0.254. The minimum Gasteiger partial charge on any atom is -0.487 e. The van der Waals surface area contributed by atoms with Crippen molar-refractivity contribution >= 4 is 60.6 Å². The van der Waals surface area contributed by atoms with E-state index < -0.39 is 0 Å². The smallest absolute Gasteiger partial charge is 0.282 e. The summed E-state index contributed by atoms with van der Waals surface area (Å²) in [7, 11) is 0. The highest BCUT2D eigenvalue weighted by Gasteiger charge is 2.12. The van der Waals surface area contributed by atoms with Gasteiger partial charge in [0.15, 0.2) is 0 Å². The summed E-state index contributed by atoms with van der Waals surface area (Å²) in [6.45, 7) is 1.85. The molecule has 0 aliphatic carbocycles. The molecule has 0 saturated carbocycles. The van der Waals surface area contributed by atoms with Crippen LogP contribution in [0, 0.1) is 12.7 Å². The van der Waals surface area contributed by atoms with Gasteiger partial charge in [-0.1, -0.05) is 39.7 Å². The first-order valence-corrected chi connectivity index (χ1v) is 11.4. The lowest BCUT2D eigenvalue weighted by Gasteiger charge is -2.12. The van der Waals surface area contributed by atoms with E-state index in [0.29, 0.717) is 43.1 Å². The van der Waals surface area contributed by atoms with Crippen LogP contribution in [-0.4, -0.2) is 15.9 Å². The lowest BCUT2D eigenvalue weighted by atomic mass is 10.2. The molecule has 0 unspecified atom stereocenters. The molecular formula is C23H15Br2ClFN3O2. The summed E-state index contributed by atoms with van der Waals surface area (Å²) in [5.74, 6) is 0.558. The predicted molar refractivity (Wildman–Crippen MR) is 131 cm³/mol. The van der Waals surface area contributed by atoms with Crippen LogP contribution in [0.5, 0.6) is 5.75 Å². The average Bonchev–Trinajstić information content (AvgIpc) is 2.73. The molecule has 9 heteroatoms. The molecule has 0 N–H and O–H groups in total. The minimum atomic E-state index is -0.339. The fraction of sp³-hybridized carbons (Fsp3) is 0.0870. The number of aryl methyl sites for hydroxylation is 1. The second kappa shape index (κ2) is 9.52. The topological polar surface area (TPSA) is 56.5 Å². The van der Waals surface area contributed by atoms with Gasteiger partial charge in [0, 0.05) is 15.1 Å². The molecule has 0 amide bonds. The van der Waals surface area contributed by atoms with Gasteiger partial charge in [0.1, 0.15) is 24.0 Å². The summed E-state index contributed by atoms with van der Waals surface area (Å²) in [6.07, 6.45) is 1.48. The van der Waals surface area contributed by atoms with Crippen molar-refractivity contribution in [1.82, 2.24) is 9.66 Å². The fourth-order valence-electron chi connectivity index (χ4n) is 3.13. The predicted octanol–water partition coefficient (Wildman–Crippen LogP) is 6.48. The summed E-state index contributed by atoms with van der Waals surface area (Å²) >= 11 is 13.0. The summed E-state index contributed by atoms with van der Waals surface area (Å²) in [5, 5.41) is 5.25. The van der Waals surface area contributed by atoms with Gasteiger partial charge in [0.25, 0.3) is 5.56 Å². The zero-order valence-electron chi connectivity index (χ0n) is 16.7. The normalized spacial score (nSPS) is 11.4. The van der Waals surface area contributed by atoms with Crippen LogP contribution in [0.1, 0.15) is 17.0 Å². The molecule has 32 heavy (non-hydrogen) atoms. The third-order valence-corrected chi connectivity index (χ3v) is 5.89. The van der Waals surface area contributed by atoms with Crippen molar-refractivity contribution in [1.29, 1.82) is 0 Å². The fourth-order valence-corrected chi connectivity index (χ4v) is 4.44. The van der Waals surface area contributed by atoms with Crippen LogP contribution in [0.4, 0.5) is 4.39 Å². The van der Waals surface area contributed by atoms with E-state index in [1.165, 1.54) is 23.0 Å². The molecule has 0 spiro atoms. The first-order chi connectivity index (χ1) is 15.3. The zero-order valence-corrected chi connectivity index (χ0v) is 20.6. The Balaban J connectivity index is 1.72. The molecule has 0 radical (unpaired) electrons. The molecule has 0 aliphatic heterocycles. The van der Waals surface area contributed by atoms with Crippen molar-refractivity contribution < 1.29 is 9.13 Å². The number of rotatable bonds is 5. The molecule has 0 saturated heterocycles. The molecular weight excluding hydrogens is 565 g/mol. The molecule has 4 aromatic rings. The van der Waals surface area contributed by atoms with Crippen molar-refractivity contribution in [2.24, 2.45) is 5.10 Å². The highest BCUT2D eigenvalue weighted by Crippen LogP contribution is 2.32. The second-order valence-electron chi connectivity index (χ2n) is 6.91. The second-order valence-corrected chi connectivity index (χ2v) is 9.11. The van der Waals surface area contributed by atoms with Gasteiger partial charge in [-0.3, -0.25) is 4.79 Å². The minimum absolute atomic E-state index is 0.142. The van der Waals surface area contributed by atoms with Crippen LogP contribution in [0.2, 0.25) is 5.02 Å². The maximum atomic E-state index is 13.5. The lowest BCUT2D eigenvalue weighted by Crippen LogP contribution is -2.20. The summed E-state index contributed by atoms with van der Waals surface area (Å²) < 4.78 is 22.0. The standard InChI is InChI=1S/C23H15Br2ClFN3O2/c1-13-29-21-6-5-16(24)9-19(21)23(31)30(13)28-11-15-8-17(26)10-20(25)22(15)32-12-14-3-2-4-18(27)7-14/h2-11H,12H2,1H3. The van der Waals surface area contributed by atoms with Crippen molar-refractivity contribution in [3.63, 3.8) is 0 Å². The Labute approximate surface area is 204 Å². The third-order valence-electron chi connectivity index (χ3n) is 4.59. The van der Waals surface area contributed by atoms with Gasteiger partial charge in [0.2, 0.25) is 0 Å². The molecule has 1 aromatic heterocycles. The zero-order chi connectivity index (χ0) is 22.8. The van der Waals surface area contributed by atoms with Gasteiger partial charge in [-0.25, -0.2) is 9.37 Å². The maximum Gasteiger partial charge on any atom is 0.282 e. The van der Waals surface area contributed by atoms with E-state index in [4.69, 9.17) is 16.3 Å². The number of hydrogen-bond donors (Lipinski definition) is 0. The van der Waals surface area contributed by atoms with Crippen molar-refractivity contribution in [2.75, 3.05) is 0 Å². The van der Waals surface area contributed by atoms with Crippen LogP contribution < -0.4 is 10.3 Å². The molecule has 0 bridgehead atoms. The van der Waals surface area contributed by atoms with Gasteiger partial charge in [-0.15, -0.1) is 0 Å². The molecule has 3 aromatic carbocycles.